The highest BCUT2D eigenvalue weighted by molar-refractivity contribution is 5.80. The molecule has 1 fully saturated rings. The van der Waals surface area contributed by atoms with E-state index in [1.807, 2.05) is 19.4 Å². The van der Waals surface area contributed by atoms with E-state index in [1.165, 1.54) is 0 Å². The largest absolute Gasteiger partial charge is 0.355 e. The number of aryl methyl sites for hydroxylation is 1. The maximum atomic E-state index is 12.5. The number of hydrogen-bond acceptors (Lipinski definition) is 4. The monoisotopic (exact) mass is 307 g/mol. The van der Waals surface area contributed by atoms with E-state index in [9.17, 15) is 4.79 Å². The van der Waals surface area contributed by atoms with Gasteiger partial charge < -0.3 is 15.5 Å². The topological polar surface area (TPSA) is 62.2 Å². The van der Waals surface area contributed by atoms with Gasteiger partial charge in [0.2, 0.25) is 5.91 Å². The Bertz CT molecular complexity index is 487. The highest BCUT2D eigenvalue weighted by Crippen LogP contribution is 2.27. The van der Waals surface area contributed by atoms with E-state index in [1.54, 1.807) is 4.68 Å². The minimum Gasteiger partial charge on any atom is -0.355 e. The highest BCUT2D eigenvalue weighted by atomic mass is 16.1. The zero-order valence-electron chi connectivity index (χ0n) is 14.2. The van der Waals surface area contributed by atoms with Crippen LogP contribution in [0, 0.1) is 5.92 Å². The second-order valence-corrected chi connectivity index (χ2v) is 6.35. The molecule has 1 saturated heterocycles. The fourth-order valence-electron chi connectivity index (χ4n) is 2.95. The van der Waals surface area contributed by atoms with Crippen molar-refractivity contribution in [1.82, 2.24) is 25.3 Å². The zero-order valence-corrected chi connectivity index (χ0v) is 14.2. The summed E-state index contributed by atoms with van der Waals surface area (Å²) in [6, 6.07) is 0.549. The summed E-state index contributed by atoms with van der Waals surface area (Å²) in [4.78, 5) is 14.7. The number of carbonyl (C=O) groups is 1. The van der Waals surface area contributed by atoms with Gasteiger partial charge in [-0.2, -0.15) is 5.10 Å². The van der Waals surface area contributed by atoms with Crippen molar-refractivity contribution in [3.63, 3.8) is 0 Å². The Hall–Kier alpha value is -1.40. The predicted octanol–water partition coefficient (Wildman–Crippen LogP) is 0.570. The van der Waals surface area contributed by atoms with Crippen LogP contribution in [0.3, 0.4) is 0 Å². The lowest BCUT2D eigenvalue weighted by Crippen LogP contribution is -2.40. The third-order valence-corrected chi connectivity index (χ3v) is 4.81. The number of hydrogen-bond donors (Lipinski definition) is 2. The molecule has 6 heteroatoms. The van der Waals surface area contributed by atoms with Gasteiger partial charge in [0, 0.05) is 51.4 Å². The molecule has 0 spiro atoms. The number of likely N-dealkylation sites (N-methyl/N-ethyl adjacent to an activating group) is 1. The van der Waals surface area contributed by atoms with Gasteiger partial charge >= 0.3 is 0 Å². The van der Waals surface area contributed by atoms with Gasteiger partial charge in [-0.1, -0.05) is 6.92 Å². The second-order valence-electron chi connectivity index (χ2n) is 6.35. The molecule has 22 heavy (non-hydrogen) atoms. The molecule has 1 aromatic rings. The van der Waals surface area contributed by atoms with Crippen LogP contribution >= 0.6 is 0 Å². The summed E-state index contributed by atoms with van der Waals surface area (Å²) in [5.41, 5.74) is 1.14. The molecular weight excluding hydrogens is 278 g/mol. The van der Waals surface area contributed by atoms with Crippen LogP contribution in [0.4, 0.5) is 0 Å². The van der Waals surface area contributed by atoms with E-state index >= 15 is 0 Å². The van der Waals surface area contributed by atoms with Crippen molar-refractivity contribution >= 4 is 5.91 Å². The van der Waals surface area contributed by atoms with Crippen LogP contribution in [0.25, 0.3) is 0 Å². The molecule has 2 rings (SSSR count). The number of nitrogens with zero attached hydrogens (tertiary/aromatic N) is 3. The first kappa shape index (κ1) is 17.0. The molecule has 124 valence electrons. The molecule has 6 nitrogen and oxygen atoms in total. The maximum Gasteiger partial charge on any atom is 0.225 e. The molecule has 3 atom stereocenters. The quantitative estimate of drug-likeness (QED) is 0.773. The Morgan fingerprint density at radius 3 is 3.00 bits per heavy atom. The van der Waals surface area contributed by atoms with Crippen molar-refractivity contribution in [1.29, 1.82) is 0 Å². The van der Waals surface area contributed by atoms with Crippen molar-refractivity contribution in [3.05, 3.63) is 18.0 Å². The van der Waals surface area contributed by atoms with E-state index in [0.29, 0.717) is 12.6 Å². The molecule has 1 aliphatic rings. The van der Waals surface area contributed by atoms with Gasteiger partial charge in [-0.15, -0.1) is 0 Å². The zero-order chi connectivity index (χ0) is 16.1. The first-order chi connectivity index (χ1) is 10.5. The van der Waals surface area contributed by atoms with Crippen molar-refractivity contribution in [2.45, 2.75) is 32.2 Å². The molecule has 2 heterocycles. The molecule has 0 radical (unpaired) electrons. The summed E-state index contributed by atoms with van der Waals surface area (Å²) < 4.78 is 1.80. The van der Waals surface area contributed by atoms with Gasteiger partial charge in [-0.3, -0.25) is 9.48 Å². The SMILES string of the molecule is CCC(C)N(C)CCNC(=O)[C@H]1CNC[C@@H]1c1cnn(C)c1. The Labute approximate surface area is 133 Å². The van der Waals surface area contributed by atoms with Gasteiger partial charge in [0.25, 0.3) is 0 Å². The van der Waals surface area contributed by atoms with E-state index in [4.69, 9.17) is 0 Å². The first-order valence-corrected chi connectivity index (χ1v) is 8.20. The smallest absolute Gasteiger partial charge is 0.225 e. The number of aromatic nitrogens is 2. The van der Waals surface area contributed by atoms with Crippen LogP contribution in [-0.2, 0) is 11.8 Å². The highest BCUT2D eigenvalue weighted by Gasteiger charge is 2.34. The summed E-state index contributed by atoms with van der Waals surface area (Å²) in [5.74, 6) is 0.371. The fourth-order valence-corrected chi connectivity index (χ4v) is 2.95. The maximum absolute atomic E-state index is 12.5. The van der Waals surface area contributed by atoms with Crippen molar-refractivity contribution < 1.29 is 4.79 Å². The Morgan fingerprint density at radius 2 is 2.36 bits per heavy atom. The minimum absolute atomic E-state index is 0.00175. The van der Waals surface area contributed by atoms with Crippen LogP contribution in [0.2, 0.25) is 0 Å². The molecule has 0 saturated carbocycles. The van der Waals surface area contributed by atoms with E-state index in [2.05, 4.69) is 41.5 Å². The van der Waals surface area contributed by atoms with Crippen LogP contribution in [0.15, 0.2) is 12.4 Å². The molecule has 1 amide bonds. The molecule has 0 aliphatic carbocycles. The summed E-state index contributed by atoms with van der Waals surface area (Å²) in [6.07, 6.45) is 5.00. The summed E-state index contributed by atoms with van der Waals surface area (Å²) in [5, 5.41) is 10.6. The normalized spacial score (nSPS) is 23.0. The van der Waals surface area contributed by atoms with Crippen LogP contribution in [-0.4, -0.2) is 59.9 Å². The Balaban J connectivity index is 1.84. The summed E-state index contributed by atoms with van der Waals surface area (Å²) in [6.45, 7) is 7.57. The van der Waals surface area contributed by atoms with Crippen LogP contribution in [0.5, 0.6) is 0 Å². The molecule has 0 bridgehead atoms. The summed E-state index contributed by atoms with van der Waals surface area (Å²) >= 11 is 0. The average molecular weight is 307 g/mol. The van der Waals surface area contributed by atoms with Gasteiger partial charge in [0.05, 0.1) is 12.1 Å². The van der Waals surface area contributed by atoms with Gasteiger partial charge in [0.15, 0.2) is 0 Å². The van der Waals surface area contributed by atoms with E-state index in [-0.39, 0.29) is 17.7 Å². The molecule has 1 unspecified atom stereocenters. The van der Waals surface area contributed by atoms with E-state index in [0.717, 1.165) is 31.6 Å². The average Bonchev–Trinajstić information content (AvgIpc) is 3.14. The number of carbonyl (C=O) groups excluding carboxylic acids is 1. The number of amides is 1. The fraction of sp³-hybridized carbons (Fsp3) is 0.750. The van der Waals surface area contributed by atoms with Gasteiger partial charge in [0.1, 0.15) is 0 Å². The molecule has 0 aromatic carbocycles. The first-order valence-electron chi connectivity index (χ1n) is 8.20. The lowest BCUT2D eigenvalue weighted by atomic mass is 9.90. The standard InChI is InChI=1S/C16H29N5O/c1-5-12(2)20(3)7-6-18-16(22)15-10-17-9-14(15)13-8-19-21(4)11-13/h8,11-12,14-15,17H,5-7,9-10H2,1-4H3,(H,18,22)/t12?,14-,15+/m1/s1. The van der Waals surface area contributed by atoms with Gasteiger partial charge in [-0.25, -0.2) is 0 Å². The van der Waals surface area contributed by atoms with Crippen LogP contribution < -0.4 is 10.6 Å². The van der Waals surface area contributed by atoms with Crippen molar-refractivity contribution in [3.8, 4) is 0 Å². The van der Waals surface area contributed by atoms with Crippen molar-refractivity contribution in [2.75, 3.05) is 33.2 Å². The number of nitrogens with one attached hydrogen (secondary N) is 2. The minimum atomic E-state index is -0.00175. The summed E-state index contributed by atoms with van der Waals surface area (Å²) in [7, 11) is 4.02. The molecule has 2 N–H and O–H groups in total. The number of rotatable bonds is 7. The molecular formula is C16H29N5O. The third-order valence-electron chi connectivity index (χ3n) is 4.81. The third kappa shape index (κ3) is 4.08. The Kier molecular flexibility index (Phi) is 5.97. The second kappa shape index (κ2) is 7.74. The van der Waals surface area contributed by atoms with E-state index < -0.39 is 0 Å². The van der Waals surface area contributed by atoms with Gasteiger partial charge in [-0.05, 0) is 26.0 Å². The van der Waals surface area contributed by atoms with Crippen LogP contribution in [0.1, 0.15) is 31.7 Å². The molecule has 1 aromatic heterocycles. The predicted molar refractivity (Wildman–Crippen MR) is 87.7 cm³/mol. The lowest BCUT2D eigenvalue weighted by molar-refractivity contribution is -0.124. The van der Waals surface area contributed by atoms with Crippen molar-refractivity contribution in [2.24, 2.45) is 13.0 Å². The Morgan fingerprint density at radius 1 is 1.59 bits per heavy atom. The molecule has 1 aliphatic heterocycles. The lowest BCUT2D eigenvalue weighted by Gasteiger charge is -2.24.